The van der Waals surface area contributed by atoms with Crippen molar-refractivity contribution in [3.05, 3.63) is 41.0 Å². The van der Waals surface area contributed by atoms with E-state index in [0.29, 0.717) is 38.5 Å². The fourth-order valence-electron chi connectivity index (χ4n) is 3.17. The fraction of sp³-hybridized carbons (Fsp3) is 0.500. The van der Waals surface area contributed by atoms with Gasteiger partial charge in [0, 0.05) is 33.4 Å². The van der Waals surface area contributed by atoms with Gasteiger partial charge in [-0.25, -0.2) is 4.99 Å². The molecule has 1 fully saturated rings. The maximum Gasteiger partial charge on any atom is 0.251 e. The highest BCUT2D eigenvalue weighted by Crippen LogP contribution is 2.22. The number of rotatable bonds is 6. The molecule has 0 atom stereocenters. The first-order chi connectivity index (χ1) is 13.2. The normalized spacial score (nSPS) is 17.4. The van der Waals surface area contributed by atoms with Crippen molar-refractivity contribution in [3.63, 3.8) is 0 Å². The number of aliphatic imine (C=N–C) groups is 1. The molecule has 0 aliphatic carbocycles. The molecule has 146 valence electrons. The van der Waals surface area contributed by atoms with Gasteiger partial charge in [-0.3, -0.25) is 4.79 Å². The molecule has 2 N–H and O–H groups in total. The van der Waals surface area contributed by atoms with E-state index in [1.807, 2.05) is 25.1 Å². The number of methoxy groups -OCH3 is 1. The molecule has 2 aliphatic heterocycles. The zero-order valence-electron chi connectivity index (χ0n) is 16.1. The summed E-state index contributed by atoms with van der Waals surface area (Å²) in [5.74, 6) is 0.727. The van der Waals surface area contributed by atoms with Gasteiger partial charge in [0.05, 0.1) is 31.0 Å². The lowest BCUT2D eigenvalue weighted by Crippen LogP contribution is -2.49. The van der Waals surface area contributed by atoms with E-state index in [1.165, 1.54) is 0 Å². The number of nitrogens with one attached hydrogen (secondary N) is 2. The summed E-state index contributed by atoms with van der Waals surface area (Å²) >= 11 is 0. The first-order valence-corrected chi connectivity index (χ1v) is 9.40. The van der Waals surface area contributed by atoms with Crippen molar-refractivity contribution < 1.29 is 14.3 Å². The third kappa shape index (κ3) is 5.08. The van der Waals surface area contributed by atoms with Crippen molar-refractivity contribution >= 4 is 17.6 Å². The summed E-state index contributed by atoms with van der Waals surface area (Å²) in [7, 11) is 1.66. The summed E-state index contributed by atoms with van der Waals surface area (Å²) in [4.78, 5) is 19.6. The van der Waals surface area contributed by atoms with Crippen LogP contribution in [0, 0.1) is 6.92 Å². The van der Waals surface area contributed by atoms with Crippen molar-refractivity contribution in [2.24, 2.45) is 4.99 Å². The van der Waals surface area contributed by atoms with E-state index in [9.17, 15) is 4.79 Å². The summed E-state index contributed by atoms with van der Waals surface area (Å²) in [6.45, 7) is 6.59. The zero-order chi connectivity index (χ0) is 19.1. The van der Waals surface area contributed by atoms with Crippen LogP contribution in [0.15, 0.2) is 34.8 Å². The fourth-order valence-corrected chi connectivity index (χ4v) is 3.17. The van der Waals surface area contributed by atoms with Crippen LogP contribution >= 0.6 is 0 Å². The third-order valence-corrected chi connectivity index (χ3v) is 4.63. The van der Waals surface area contributed by atoms with Crippen molar-refractivity contribution in [2.45, 2.75) is 13.3 Å². The lowest BCUT2D eigenvalue weighted by Gasteiger charge is -2.33. The summed E-state index contributed by atoms with van der Waals surface area (Å²) in [5.41, 5.74) is 3.64. The molecule has 0 bridgehead atoms. The van der Waals surface area contributed by atoms with Crippen molar-refractivity contribution in [2.75, 3.05) is 53.1 Å². The van der Waals surface area contributed by atoms with Crippen LogP contribution in [0.2, 0.25) is 0 Å². The summed E-state index contributed by atoms with van der Waals surface area (Å²) in [6, 6.07) is 8.17. The highest BCUT2D eigenvalue weighted by Gasteiger charge is 2.25. The smallest absolute Gasteiger partial charge is 0.251 e. The number of aryl methyl sites for hydroxylation is 1. The second kappa shape index (κ2) is 9.53. The molecule has 1 saturated heterocycles. The summed E-state index contributed by atoms with van der Waals surface area (Å²) < 4.78 is 10.5. The average Bonchev–Trinajstić information content (AvgIpc) is 2.71. The molecule has 1 amide bonds. The number of ether oxygens (including phenoxy) is 2. The Bertz CT molecular complexity index is 724. The van der Waals surface area contributed by atoms with Gasteiger partial charge in [0.25, 0.3) is 5.91 Å². The molecule has 0 aromatic heterocycles. The molecular weight excluding hydrogens is 344 g/mol. The number of morpholine rings is 1. The molecule has 0 unspecified atom stereocenters. The molecule has 2 heterocycles. The molecule has 0 radical (unpaired) electrons. The Labute approximate surface area is 160 Å². The van der Waals surface area contributed by atoms with E-state index in [1.54, 1.807) is 7.11 Å². The largest absolute Gasteiger partial charge is 0.385 e. The Morgan fingerprint density at radius 1 is 1.37 bits per heavy atom. The topological polar surface area (TPSA) is 75.2 Å². The van der Waals surface area contributed by atoms with Gasteiger partial charge in [0.1, 0.15) is 0 Å². The Morgan fingerprint density at radius 3 is 2.93 bits per heavy atom. The SMILES string of the molecule is COCCCNC(=O)C1=C(c2cccc(C)c2)NC(N2CCOCC2)=NC1. The molecule has 7 heteroatoms. The van der Waals surface area contributed by atoms with Crippen LogP contribution in [0.3, 0.4) is 0 Å². The molecule has 7 nitrogen and oxygen atoms in total. The monoisotopic (exact) mass is 372 g/mol. The number of amides is 1. The van der Waals surface area contributed by atoms with Crippen LogP contribution in [0.25, 0.3) is 5.70 Å². The highest BCUT2D eigenvalue weighted by atomic mass is 16.5. The molecule has 0 saturated carbocycles. The molecule has 1 aromatic carbocycles. The van der Waals surface area contributed by atoms with E-state index in [-0.39, 0.29) is 5.91 Å². The van der Waals surface area contributed by atoms with Gasteiger partial charge in [-0.1, -0.05) is 23.8 Å². The van der Waals surface area contributed by atoms with Crippen LogP contribution in [-0.4, -0.2) is 69.9 Å². The van der Waals surface area contributed by atoms with Crippen LogP contribution in [0.1, 0.15) is 17.5 Å². The van der Waals surface area contributed by atoms with Crippen LogP contribution < -0.4 is 10.6 Å². The molecule has 0 spiro atoms. The molecule has 3 rings (SSSR count). The lowest BCUT2D eigenvalue weighted by molar-refractivity contribution is -0.117. The average molecular weight is 372 g/mol. The maximum absolute atomic E-state index is 12.8. The first-order valence-electron chi connectivity index (χ1n) is 9.40. The molecule has 2 aliphatic rings. The molecule has 1 aromatic rings. The Balaban J connectivity index is 1.80. The van der Waals surface area contributed by atoms with Crippen LogP contribution in [0.5, 0.6) is 0 Å². The third-order valence-electron chi connectivity index (χ3n) is 4.63. The quantitative estimate of drug-likeness (QED) is 0.733. The van der Waals surface area contributed by atoms with Gasteiger partial charge in [-0.15, -0.1) is 0 Å². The Kier molecular flexibility index (Phi) is 6.84. The van der Waals surface area contributed by atoms with Crippen molar-refractivity contribution in [1.82, 2.24) is 15.5 Å². The second-order valence-corrected chi connectivity index (χ2v) is 6.69. The minimum absolute atomic E-state index is 0.0834. The standard InChI is InChI=1S/C20H28N4O3/c1-15-5-3-6-16(13-15)18-17(19(25)21-7-4-10-26-2)14-22-20(23-18)24-8-11-27-12-9-24/h3,5-6,13H,4,7-12,14H2,1-2H3,(H,21,25)(H,22,23). The van der Waals surface area contributed by atoms with E-state index >= 15 is 0 Å². The van der Waals surface area contributed by atoms with Gasteiger partial charge in [0.2, 0.25) is 0 Å². The minimum Gasteiger partial charge on any atom is -0.385 e. The van der Waals surface area contributed by atoms with Gasteiger partial charge in [0.15, 0.2) is 5.96 Å². The first kappa shape index (κ1) is 19.4. The van der Waals surface area contributed by atoms with Crippen molar-refractivity contribution in [3.8, 4) is 0 Å². The molecule has 27 heavy (non-hydrogen) atoms. The van der Waals surface area contributed by atoms with E-state index in [4.69, 9.17) is 9.47 Å². The predicted molar refractivity (Wildman–Crippen MR) is 105 cm³/mol. The van der Waals surface area contributed by atoms with Crippen LogP contribution in [-0.2, 0) is 14.3 Å². The lowest BCUT2D eigenvalue weighted by atomic mass is 10.0. The number of carbonyl (C=O) groups is 1. The Morgan fingerprint density at radius 2 is 2.19 bits per heavy atom. The predicted octanol–water partition coefficient (Wildman–Crippen LogP) is 1.15. The van der Waals surface area contributed by atoms with Gasteiger partial charge < -0.3 is 25.0 Å². The Hall–Kier alpha value is -2.38. The van der Waals surface area contributed by atoms with Gasteiger partial charge in [-0.2, -0.15) is 0 Å². The highest BCUT2D eigenvalue weighted by molar-refractivity contribution is 6.06. The summed E-state index contributed by atoms with van der Waals surface area (Å²) in [5, 5.41) is 6.39. The number of benzene rings is 1. The van der Waals surface area contributed by atoms with Gasteiger partial charge >= 0.3 is 0 Å². The second-order valence-electron chi connectivity index (χ2n) is 6.69. The number of guanidine groups is 1. The summed E-state index contributed by atoms with van der Waals surface area (Å²) in [6.07, 6.45) is 0.783. The van der Waals surface area contributed by atoms with E-state index < -0.39 is 0 Å². The number of nitrogens with zero attached hydrogens (tertiary/aromatic N) is 2. The van der Waals surface area contributed by atoms with Gasteiger partial charge in [-0.05, 0) is 25.0 Å². The number of carbonyl (C=O) groups excluding carboxylic acids is 1. The minimum atomic E-state index is -0.0834. The van der Waals surface area contributed by atoms with E-state index in [2.05, 4.69) is 26.6 Å². The molecular formula is C20H28N4O3. The van der Waals surface area contributed by atoms with Crippen molar-refractivity contribution in [1.29, 1.82) is 0 Å². The van der Waals surface area contributed by atoms with Crippen LogP contribution in [0.4, 0.5) is 0 Å². The van der Waals surface area contributed by atoms with E-state index in [0.717, 1.165) is 42.3 Å². The number of hydrogen-bond donors (Lipinski definition) is 2. The maximum atomic E-state index is 12.8. The number of hydrogen-bond acceptors (Lipinski definition) is 6. The zero-order valence-corrected chi connectivity index (χ0v) is 16.1.